The van der Waals surface area contributed by atoms with E-state index in [0.717, 1.165) is 12.0 Å². The molecule has 1 aliphatic heterocycles. The van der Waals surface area contributed by atoms with Crippen LogP contribution in [0.25, 0.3) is 11.3 Å². The first kappa shape index (κ1) is 12.8. The van der Waals surface area contributed by atoms with E-state index < -0.39 is 0 Å². The second-order valence-corrected chi connectivity index (χ2v) is 6.42. The Kier molecular flexibility index (Phi) is 2.46. The molecule has 2 fully saturated rings. The molecule has 4 atom stereocenters. The number of amides is 2. The van der Waals surface area contributed by atoms with Gasteiger partial charge in [0.15, 0.2) is 12.2 Å². The van der Waals surface area contributed by atoms with Crippen molar-refractivity contribution in [1.82, 2.24) is 4.98 Å². The van der Waals surface area contributed by atoms with E-state index in [1.807, 2.05) is 12.1 Å². The third kappa shape index (κ3) is 1.64. The van der Waals surface area contributed by atoms with Crippen molar-refractivity contribution in [2.45, 2.75) is 6.42 Å². The summed E-state index contributed by atoms with van der Waals surface area (Å²) in [5, 5.41) is 0. The van der Waals surface area contributed by atoms with E-state index in [-0.39, 0.29) is 35.5 Å². The maximum absolute atomic E-state index is 12.7. The average molecular weight is 306 g/mol. The maximum atomic E-state index is 12.7. The topological polar surface area (TPSA) is 63.4 Å². The van der Waals surface area contributed by atoms with E-state index in [1.54, 1.807) is 18.3 Å². The molecule has 2 heterocycles. The molecule has 5 nitrogen and oxygen atoms in total. The van der Waals surface area contributed by atoms with Gasteiger partial charge in [-0.2, -0.15) is 0 Å². The Morgan fingerprint density at radius 3 is 2.22 bits per heavy atom. The van der Waals surface area contributed by atoms with Gasteiger partial charge in [-0.25, -0.2) is 4.98 Å². The minimum Gasteiger partial charge on any atom is -0.444 e. The number of allylic oxidation sites excluding steroid dienone is 2. The van der Waals surface area contributed by atoms with Crippen molar-refractivity contribution in [1.29, 1.82) is 0 Å². The number of hydrogen-bond donors (Lipinski definition) is 0. The van der Waals surface area contributed by atoms with Gasteiger partial charge in [0.1, 0.15) is 0 Å². The molecule has 3 aliphatic rings. The van der Waals surface area contributed by atoms with Gasteiger partial charge >= 0.3 is 0 Å². The van der Waals surface area contributed by atoms with Crippen molar-refractivity contribution in [2.75, 3.05) is 4.90 Å². The van der Waals surface area contributed by atoms with Gasteiger partial charge in [0.25, 0.3) is 0 Å². The van der Waals surface area contributed by atoms with Gasteiger partial charge in [0.2, 0.25) is 11.8 Å². The Morgan fingerprint density at radius 2 is 1.65 bits per heavy atom. The number of carbonyl (C=O) groups is 2. The number of fused-ring (bicyclic) bond motifs is 5. The van der Waals surface area contributed by atoms with Gasteiger partial charge in [-0.15, -0.1) is 0 Å². The molecule has 5 rings (SSSR count). The first-order valence-corrected chi connectivity index (χ1v) is 7.79. The highest BCUT2D eigenvalue weighted by atomic mass is 16.3. The predicted molar refractivity (Wildman–Crippen MR) is 82.1 cm³/mol. The summed E-state index contributed by atoms with van der Waals surface area (Å²) >= 11 is 0. The molecule has 2 bridgehead atoms. The van der Waals surface area contributed by atoms with Crippen LogP contribution in [0.2, 0.25) is 0 Å². The van der Waals surface area contributed by atoms with Crippen LogP contribution in [-0.2, 0) is 9.59 Å². The van der Waals surface area contributed by atoms with Crippen LogP contribution in [-0.4, -0.2) is 16.8 Å². The third-order valence-corrected chi connectivity index (χ3v) is 5.31. The summed E-state index contributed by atoms with van der Waals surface area (Å²) in [7, 11) is 0. The standard InChI is InChI=1S/C18H14N2O3/c21-17-15-11-1-2-12(7-11)16(15)18(22)20(17)13-5-3-10(4-6-13)14-8-19-9-23-14/h1-6,8-9,11-12,15-16H,7H2/t11-,12-,15+,16+/m0/s1. The summed E-state index contributed by atoms with van der Waals surface area (Å²) in [6.45, 7) is 0. The lowest BCUT2D eigenvalue weighted by atomic mass is 9.85. The molecule has 0 N–H and O–H groups in total. The molecule has 5 heteroatoms. The highest BCUT2D eigenvalue weighted by Crippen LogP contribution is 2.53. The van der Waals surface area contributed by atoms with Crippen LogP contribution in [0.1, 0.15) is 6.42 Å². The van der Waals surface area contributed by atoms with Crippen LogP contribution in [0.3, 0.4) is 0 Å². The lowest BCUT2D eigenvalue weighted by Crippen LogP contribution is -2.32. The summed E-state index contributed by atoms with van der Waals surface area (Å²) in [5.41, 5.74) is 1.50. The zero-order chi connectivity index (χ0) is 15.6. The van der Waals surface area contributed by atoms with Gasteiger partial charge in [0, 0.05) is 5.56 Å². The van der Waals surface area contributed by atoms with E-state index in [4.69, 9.17) is 4.42 Å². The van der Waals surface area contributed by atoms with Crippen LogP contribution < -0.4 is 4.90 Å². The number of nitrogens with zero attached hydrogens (tertiary/aromatic N) is 2. The zero-order valence-electron chi connectivity index (χ0n) is 12.3. The van der Waals surface area contributed by atoms with Crippen LogP contribution in [0.15, 0.2) is 53.4 Å². The number of imide groups is 1. The van der Waals surface area contributed by atoms with Gasteiger partial charge < -0.3 is 4.42 Å². The van der Waals surface area contributed by atoms with E-state index in [9.17, 15) is 9.59 Å². The molecule has 2 amide bonds. The van der Waals surface area contributed by atoms with Gasteiger partial charge in [-0.1, -0.05) is 12.2 Å². The van der Waals surface area contributed by atoms with E-state index >= 15 is 0 Å². The van der Waals surface area contributed by atoms with Crippen LogP contribution >= 0.6 is 0 Å². The Morgan fingerprint density at radius 1 is 1.00 bits per heavy atom. The number of oxazole rings is 1. The Bertz CT molecular complexity index is 792. The molecular formula is C18H14N2O3. The lowest BCUT2D eigenvalue weighted by molar-refractivity contribution is -0.123. The summed E-state index contributed by atoms with van der Waals surface area (Å²) in [4.78, 5) is 30.7. The van der Waals surface area contributed by atoms with E-state index in [1.165, 1.54) is 11.3 Å². The molecule has 2 aromatic rings. The highest BCUT2D eigenvalue weighted by Gasteiger charge is 2.59. The number of aromatic nitrogens is 1. The zero-order valence-corrected chi connectivity index (χ0v) is 12.3. The van der Waals surface area contributed by atoms with Gasteiger partial charge in [-0.3, -0.25) is 14.5 Å². The molecule has 0 unspecified atom stereocenters. The first-order chi connectivity index (χ1) is 11.2. The van der Waals surface area contributed by atoms with Gasteiger partial charge in [-0.05, 0) is 42.5 Å². The summed E-state index contributed by atoms with van der Waals surface area (Å²) in [5.74, 6) is 0.709. The molecule has 2 aliphatic carbocycles. The Labute approximate surface area is 132 Å². The third-order valence-electron chi connectivity index (χ3n) is 5.31. The summed E-state index contributed by atoms with van der Waals surface area (Å²) < 4.78 is 5.26. The van der Waals surface area contributed by atoms with E-state index in [2.05, 4.69) is 17.1 Å². The van der Waals surface area contributed by atoms with Crippen molar-refractivity contribution in [3.05, 3.63) is 49.0 Å². The van der Waals surface area contributed by atoms with Crippen molar-refractivity contribution < 1.29 is 14.0 Å². The normalized spacial score (nSPS) is 31.2. The minimum absolute atomic E-state index is 0.0516. The molecule has 1 saturated carbocycles. The number of benzene rings is 1. The predicted octanol–water partition coefficient (Wildman–Crippen LogP) is 2.65. The number of rotatable bonds is 2. The molecule has 114 valence electrons. The van der Waals surface area contributed by atoms with Crippen molar-refractivity contribution in [3.63, 3.8) is 0 Å². The molecule has 1 aromatic carbocycles. The fraction of sp³-hybridized carbons (Fsp3) is 0.278. The fourth-order valence-electron chi connectivity index (χ4n) is 4.29. The minimum atomic E-state index is -0.161. The summed E-state index contributed by atoms with van der Waals surface area (Å²) in [6.07, 6.45) is 8.17. The second kappa shape index (κ2) is 4.41. The number of hydrogen-bond acceptors (Lipinski definition) is 4. The van der Waals surface area contributed by atoms with Crippen LogP contribution in [0, 0.1) is 23.7 Å². The first-order valence-electron chi connectivity index (χ1n) is 7.79. The van der Waals surface area contributed by atoms with Crippen LogP contribution in [0.5, 0.6) is 0 Å². The highest BCUT2D eigenvalue weighted by molar-refractivity contribution is 6.22. The van der Waals surface area contributed by atoms with Crippen LogP contribution in [0.4, 0.5) is 5.69 Å². The molecule has 1 saturated heterocycles. The van der Waals surface area contributed by atoms with E-state index in [0.29, 0.717) is 11.4 Å². The SMILES string of the molecule is O=C1[C@H]2[C@H](C(=O)N1c1ccc(-c3cnco3)cc1)[C@H]1C=C[C@H]2C1. The second-order valence-electron chi connectivity index (χ2n) is 6.42. The number of carbonyl (C=O) groups excluding carboxylic acids is 2. The molecular weight excluding hydrogens is 292 g/mol. The van der Waals surface area contributed by atoms with Gasteiger partial charge in [0.05, 0.1) is 23.7 Å². The maximum Gasteiger partial charge on any atom is 0.238 e. The smallest absolute Gasteiger partial charge is 0.238 e. The molecule has 1 aromatic heterocycles. The Hall–Kier alpha value is -2.69. The average Bonchev–Trinajstić information content (AvgIpc) is 3.33. The quantitative estimate of drug-likeness (QED) is 0.632. The molecule has 0 radical (unpaired) electrons. The van der Waals surface area contributed by atoms with Crippen molar-refractivity contribution >= 4 is 17.5 Å². The van der Waals surface area contributed by atoms with Crippen molar-refractivity contribution in [2.24, 2.45) is 23.7 Å². The fourth-order valence-corrected chi connectivity index (χ4v) is 4.29. The summed E-state index contributed by atoms with van der Waals surface area (Å²) in [6, 6.07) is 7.28. The van der Waals surface area contributed by atoms with Crippen molar-refractivity contribution in [3.8, 4) is 11.3 Å². The largest absolute Gasteiger partial charge is 0.444 e. The molecule has 23 heavy (non-hydrogen) atoms. The number of anilines is 1. The monoisotopic (exact) mass is 306 g/mol. The Balaban J connectivity index is 1.49. The molecule has 0 spiro atoms. The lowest BCUT2D eigenvalue weighted by Gasteiger charge is -2.17.